The van der Waals surface area contributed by atoms with Crippen LogP contribution in [0.5, 0.6) is 0 Å². The average molecular weight is 242 g/mol. The van der Waals surface area contributed by atoms with E-state index in [0.717, 1.165) is 30.2 Å². The van der Waals surface area contributed by atoms with Crippen molar-refractivity contribution >= 4 is 5.69 Å². The molecule has 0 aliphatic carbocycles. The Morgan fingerprint density at radius 3 is 2.61 bits per heavy atom. The van der Waals surface area contributed by atoms with Crippen LogP contribution in [-0.4, -0.2) is 16.5 Å². The molecule has 2 aromatic rings. The van der Waals surface area contributed by atoms with Gasteiger partial charge in [0.1, 0.15) is 0 Å². The monoisotopic (exact) mass is 242 g/mol. The highest BCUT2D eigenvalue weighted by molar-refractivity contribution is 5.50. The van der Waals surface area contributed by atoms with Gasteiger partial charge in [-0.05, 0) is 31.2 Å². The van der Waals surface area contributed by atoms with E-state index in [1.807, 2.05) is 30.5 Å². The summed E-state index contributed by atoms with van der Waals surface area (Å²) in [5, 5.41) is 0. The smallest absolute Gasteiger partial charge is 0.0772 e. The lowest BCUT2D eigenvalue weighted by Gasteiger charge is -2.24. The lowest BCUT2D eigenvalue weighted by Crippen LogP contribution is -2.24. The summed E-state index contributed by atoms with van der Waals surface area (Å²) in [6.45, 7) is 4.25. The number of aromatic nitrogens is 2. The predicted molar refractivity (Wildman–Crippen MR) is 73.1 cm³/mol. The van der Waals surface area contributed by atoms with Gasteiger partial charge in [0.15, 0.2) is 0 Å². The maximum Gasteiger partial charge on any atom is 0.0772 e. The van der Waals surface area contributed by atoms with Crippen molar-refractivity contribution in [3.8, 4) is 0 Å². The summed E-state index contributed by atoms with van der Waals surface area (Å²) >= 11 is 0. The highest BCUT2D eigenvalue weighted by atomic mass is 15.1. The van der Waals surface area contributed by atoms with Gasteiger partial charge in [-0.3, -0.25) is 9.97 Å². The van der Waals surface area contributed by atoms with Crippen LogP contribution in [0.1, 0.15) is 18.3 Å². The van der Waals surface area contributed by atoms with E-state index >= 15 is 0 Å². The molecule has 0 fully saturated rings. The van der Waals surface area contributed by atoms with E-state index in [2.05, 4.69) is 27.9 Å². The van der Waals surface area contributed by atoms with Gasteiger partial charge in [0.05, 0.1) is 23.6 Å². The van der Waals surface area contributed by atoms with Crippen molar-refractivity contribution < 1.29 is 0 Å². The van der Waals surface area contributed by atoms with Gasteiger partial charge in [-0.2, -0.15) is 0 Å². The molecule has 0 aliphatic heterocycles. The van der Waals surface area contributed by atoms with Crippen LogP contribution in [0.2, 0.25) is 0 Å². The predicted octanol–water partition coefficient (Wildman–Crippen LogP) is 1.96. The number of hydrogen-bond donors (Lipinski definition) is 1. The molecule has 0 spiro atoms. The van der Waals surface area contributed by atoms with E-state index in [9.17, 15) is 0 Å². The molecule has 4 heteroatoms. The van der Waals surface area contributed by atoms with Crippen LogP contribution in [0.15, 0.2) is 42.7 Å². The largest absolute Gasteiger partial charge is 0.364 e. The van der Waals surface area contributed by atoms with Gasteiger partial charge in [0.25, 0.3) is 0 Å². The molecule has 4 nitrogen and oxygen atoms in total. The van der Waals surface area contributed by atoms with Crippen LogP contribution >= 0.6 is 0 Å². The second kappa shape index (κ2) is 6.12. The number of nitrogens with two attached hydrogens (primary N) is 1. The summed E-state index contributed by atoms with van der Waals surface area (Å²) in [6, 6.07) is 9.96. The van der Waals surface area contributed by atoms with Crippen LogP contribution in [0.4, 0.5) is 5.69 Å². The van der Waals surface area contributed by atoms with Crippen LogP contribution in [-0.2, 0) is 13.1 Å². The Hall–Kier alpha value is -1.94. The zero-order valence-corrected chi connectivity index (χ0v) is 10.6. The number of pyridine rings is 2. The molecule has 0 radical (unpaired) electrons. The topological polar surface area (TPSA) is 55.0 Å². The minimum Gasteiger partial charge on any atom is -0.364 e. The Kier molecular flexibility index (Phi) is 4.25. The SMILES string of the molecule is CCN(Cc1ccccn1)c1cccnc1CN. The van der Waals surface area contributed by atoms with Gasteiger partial charge in [0, 0.05) is 25.5 Å². The number of hydrogen-bond acceptors (Lipinski definition) is 4. The first-order chi connectivity index (χ1) is 8.85. The molecule has 0 unspecified atom stereocenters. The zero-order valence-electron chi connectivity index (χ0n) is 10.6. The van der Waals surface area contributed by atoms with Crippen LogP contribution < -0.4 is 10.6 Å². The maximum absolute atomic E-state index is 5.73. The molecule has 0 saturated heterocycles. The maximum atomic E-state index is 5.73. The molecule has 2 rings (SSSR count). The molecule has 0 amide bonds. The number of anilines is 1. The van der Waals surface area contributed by atoms with Crippen molar-refractivity contribution in [2.24, 2.45) is 5.73 Å². The molecular weight excluding hydrogens is 224 g/mol. The molecule has 2 N–H and O–H groups in total. The summed E-state index contributed by atoms with van der Waals surface area (Å²) in [7, 11) is 0. The van der Waals surface area contributed by atoms with Gasteiger partial charge < -0.3 is 10.6 Å². The fraction of sp³-hybridized carbons (Fsp3) is 0.286. The van der Waals surface area contributed by atoms with Crippen LogP contribution in [0.25, 0.3) is 0 Å². The fourth-order valence-corrected chi connectivity index (χ4v) is 1.93. The lowest BCUT2D eigenvalue weighted by molar-refractivity contribution is 0.793. The van der Waals surface area contributed by atoms with Crippen LogP contribution in [0.3, 0.4) is 0 Å². The van der Waals surface area contributed by atoms with E-state index in [-0.39, 0.29) is 0 Å². The summed E-state index contributed by atoms with van der Waals surface area (Å²) in [5.41, 5.74) is 8.80. The van der Waals surface area contributed by atoms with Gasteiger partial charge in [0.2, 0.25) is 0 Å². The van der Waals surface area contributed by atoms with E-state index in [4.69, 9.17) is 5.73 Å². The van der Waals surface area contributed by atoms with Crippen molar-refractivity contribution in [2.75, 3.05) is 11.4 Å². The molecule has 0 aliphatic rings. The zero-order chi connectivity index (χ0) is 12.8. The highest BCUT2D eigenvalue weighted by Crippen LogP contribution is 2.19. The minimum atomic E-state index is 0.453. The summed E-state index contributed by atoms with van der Waals surface area (Å²) < 4.78 is 0. The lowest BCUT2D eigenvalue weighted by atomic mass is 10.2. The van der Waals surface area contributed by atoms with Gasteiger partial charge in [-0.15, -0.1) is 0 Å². The molecule has 0 bridgehead atoms. The number of rotatable bonds is 5. The first-order valence-corrected chi connectivity index (χ1v) is 6.14. The Labute approximate surface area is 107 Å². The first kappa shape index (κ1) is 12.5. The van der Waals surface area contributed by atoms with Gasteiger partial charge >= 0.3 is 0 Å². The normalized spacial score (nSPS) is 10.3. The summed E-state index contributed by atoms with van der Waals surface area (Å²) in [4.78, 5) is 10.9. The average Bonchev–Trinajstić information content (AvgIpc) is 2.46. The van der Waals surface area contributed by atoms with Crippen LogP contribution in [0, 0.1) is 0 Å². The van der Waals surface area contributed by atoms with Gasteiger partial charge in [-0.25, -0.2) is 0 Å². The second-order valence-electron chi connectivity index (χ2n) is 4.01. The third kappa shape index (κ3) is 2.84. The molecule has 0 aromatic carbocycles. The standard InChI is InChI=1S/C14H18N4/c1-2-18(11-12-6-3-4-8-16-12)14-7-5-9-17-13(14)10-15/h3-9H,2,10-11,15H2,1H3. The van der Waals surface area contributed by atoms with E-state index < -0.39 is 0 Å². The van der Waals surface area contributed by atoms with Gasteiger partial charge in [-0.1, -0.05) is 6.07 Å². The molecular formula is C14H18N4. The summed E-state index contributed by atoms with van der Waals surface area (Å²) in [5.74, 6) is 0. The van der Waals surface area contributed by atoms with Crippen molar-refractivity contribution in [3.63, 3.8) is 0 Å². The molecule has 2 aromatic heterocycles. The molecule has 94 valence electrons. The molecule has 18 heavy (non-hydrogen) atoms. The fourth-order valence-electron chi connectivity index (χ4n) is 1.93. The minimum absolute atomic E-state index is 0.453. The number of nitrogens with zero attached hydrogens (tertiary/aromatic N) is 3. The van der Waals surface area contributed by atoms with Crippen molar-refractivity contribution in [2.45, 2.75) is 20.0 Å². The van der Waals surface area contributed by atoms with Crippen molar-refractivity contribution in [1.82, 2.24) is 9.97 Å². The van der Waals surface area contributed by atoms with E-state index in [0.29, 0.717) is 6.54 Å². The second-order valence-corrected chi connectivity index (χ2v) is 4.01. The molecule has 0 atom stereocenters. The Morgan fingerprint density at radius 1 is 1.11 bits per heavy atom. The Balaban J connectivity index is 2.23. The Bertz CT molecular complexity index is 484. The molecule has 0 saturated carbocycles. The van der Waals surface area contributed by atoms with Crippen molar-refractivity contribution in [3.05, 3.63) is 54.1 Å². The quantitative estimate of drug-likeness (QED) is 0.870. The highest BCUT2D eigenvalue weighted by Gasteiger charge is 2.10. The third-order valence-corrected chi connectivity index (χ3v) is 2.86. The third-order valence-electron chi connectivity index (χ3n) is 2.86. The summed E-state index contributed by atoms with van der Waals surface area (Å²) in [6.07, 6.45) is 3.59. The molecule has 2 heterocycles. The van der Waals surface area contributed by atoms with Crippen molar-refractivity contribution in [1.29, 1.82) is 0 Å². The van der Waals surface area contributed by atoms with E-state index in [1.54, 1.807) is 6.20 Å². The first-order valence-electron chi connectivity index (χ1n) is 6.14. The van der Waals surface area contributed by atoms with E-state index in [1.165, 1.54) is 0 Å². The Morgan fingerprint density at radius 2 is 1.94 bits per heavy atom.